The van der Waals surface area contributed by atoms with Gasteiger partial charge in [-0.25, -0.2) is 4.98 Å². The standard InChI is InChI=1S/C24H26N2O2S/c1-16-8-11-22(28-5)19(13-16)15-26(4)24(27)21-7-6-12-25-23(21)29-20-10-9-17(2)18(3)14-20/h6-14H,15H2,1-5H3. The van der Waals surface area contributed by atoms with Gasteiger partial charge in [0.2, 0.25) is 0 Å². The summed E-state index contributed by atoms with van der Waals surface area (Å²) >= 11 is 1.52. The number of carbonyl (C=O) groups excluding carboxylic acids is 1. The first-order valence-corrected chi connectivity index (χ1v) is 10.3. The van der Waals surface area contributed by atoms with E-state index in [0.29, 0.717) is 17.1 Å². The third-order valence-corrected chi connectivity index (χ3v) is 5.89. The lowest BCUT2D eigenvalue weighted by Gasteiger charge is -2.20. The number of carbonyl (C=O) groups is 1. The Balaban J connectivity index is 1.84. The van der Waals surface area contributed by atoms with Crippen LogP contribution in [-0.2, 0) is 6.54 Å². The second-order valence-electron chi connectivity index (χ2n) is 7.18. The maximum Gasteiger partial charge on any atom is 0.256 e. The number of amides is 1. The summed E-state index contributed by atoms with van der Waals surface area (Å²) in [5.41, 5.74) is 5.19. The van der Waals surface area contributed by atoms with Gasteiger partial charge in [0.05, 0.1) is 12.7 Å². The first-order chi connectivity index (χ1) is 13.9. The van der Waals surface area contributed by atoms with Crippen LogP contribution >= 0.6 is 11.8 Å². The van der Waals surface area contributed by atoms with Gasteiger partial charge in [-0.05, 0) is 62.2 Å². The first kappa shape index (κ1) is 20.9. The van der Waals surface area contributed by atoms with E-state index in [1.165, 1.54) is 22.9 Å². The van der Waals surface area contributed by atoms with Gasteiger partial charge in [0.25, 0.3) is 5.91 Å². The van der Waals surface area contributed by atoms with Gasteiger partial charge in [-0.15, -0.1) is 0 Å². The molecule has 0 saturated heterocycles. The van der Waals surface area contributed by atoms with Crippen molar-refractivity contribution in [3.63, 3.8) is 0 Å². The Morgan fingerprint density at radius 2 is 1.86 bits per heavy atom. The maximum absolute atomic E-state index is 13.2. The highest BCUT2D eigenvalue weighted by atomic mass is 32.2. The number of ether oxygens (including phenoxy) is 1. The topological polar surface area (TPSA) is 42.4 Å². The van der Waals surface area contributed by atoms with E-state index >= 15 is 0 Å². The van der Waals surface area contributed by atoms with Crippen LogP contribution in [0.4, 0.5) is 0 Å². The highest BCUT2D eigenvalue weighted by Crippen LogP contribution is 2.31. The number of hydrogen-bond acceptors (Lipinski definition) is 4. The molecule has 0 fully saturated rings. The molecule has 1 heterocycles. The van der Waals surface area contributed by atoms with Crippen LogP contribution in [0.25, 0.3) is 0 Å². The Morgan fingerprint density at radius 3 is 2.59 bits per heavy atom. The highest BCUT2D eigenvalue weighted by Gasteiger charge is 2.19. The minimum Gasteiger partial charge on any atom is -0.496 e. The number of rotatable bonds is 6. The Hall–Kier alpha value is -2.79. The van der Waals surface area contributed by atoms with E-state index in [0.717, 1.165) is 21.8 Å². The molecule has 3 rings (SSSR count). The molecule has 1 amide bonds. The van der Waals surface area contributed by atoms with Crippen LogP contribution in [0.3, 0.4) is 0 Å². The van der Waals surface area contributed by atoms with Gasteiger partial charge in [0.15, 0.2) is 0 Å². The van der Waals surface area contributed by atoms with Crippen LogP contribution in [0.2, 0.25) is 0 Å². The predicted octanol–water partition coefficient (Wildman–Crippen LogP) is 5.44. The lowest BCUT2D eigenvalue weighted by molar-refractivity contribution is 0.0780. The zero-order valence-electron chi connectivity index (χ0n) is 17.5. The Morgan fingerprint density at radius 1 is 1.07 bits per heavy atom. The zero-order valence-corrected chi connectivity index (χ0v) is 18.3. The summed E-state index contributed by atoms with van der Waals surface area (Å²) in [4.78, 5) is 20.5. The lowest BCUT2D eigenvalue weighted by atomic mass is 10.1. The van der Waals surface area contributed by atoms with E-state index in [1.807, 2.05) is 32.2 Å². The van der Waals surface area contributed by atoms with Gasteiger partial charge >= 0.3 is 0 Å². The number of pyridine rings is 1. The SMILES string of the molecule is COc1ccc(C)cc1CN(C)C(=O)c1cccnc1Sc1ccc(C)c(C)c1. The van der Waals surface area contributed by atoms with Crippen molar-refractivity contribution in [2.24, 2.45) is 0 Å². The first-order valence-electron chi connectivity index (χ1n) is 9.48. The van der Waals surface area contributed by atoms with Crippen molar-refractivity contribution in [3.05, 3.63) is 82.5 Å². The molecule has 0 N–H and O–H groups in total. The number of methoxy groups -OCH3 is 1. The molecule has 0 aliphatic heterocycles. The van der Waals surface area contributed by atoms with Crippen molar-refractivity contribution >= 4 is 17.7 Å². The van der Waals surface area contributed by atoms with Crippen molar-refractivity contribution in [1.29, 1.82) is 0 Å². The van der Waals surface area contributed by atoms with Gasteiger partial charge in [-0.1, -0.05) is 35.5 Å². The van der Waals surface area contributed by atoms with Crippen molar-refractivity contribution in [1.82, 2.24) is 9.88 Å². The van der Waals surface area contributed by atoms with E-state index in [2.05, 4.69) is 43.1 Å². The van der Waals surface area contributed by atoms with Crippen LogP contribution in [0, 0.1) is 20.8 Å². The van der Waals surface area contributed by atoms with Gasteiger partial charge in [-0.3, -0.25) is 4.79 Å². The molecular weight excluding hydrogens is 380 g/mol. The molecule has 0 saturated carbocycles. The average Bonchev–Trinajstić information content (AvgIpc) is 2.71. The summed E-state index contributed by atoms with van der Waals surface area (Å²) in [6.07, 6.45) is 1.73. The molecule has 3 aromatic rings. The lowest BCUT2D eigenvalue weighted by Crippen LogP contribution is -2.27. The van der Waals surface area contributed by atoms with E-state index in [1.54, 1.807) is 24.3 Å². The summed E-state index contributed by atoms with van der Waals surface area (Å²) in [5, 5.41) is 0.712. The van der Waals surface area contributed by atoms with Gasteiger partial charge in [-0.2, -0.15) is 0 Å². The van der Waals surface area contributed by atoms with Crippen molar-refractivity contribution in [3.8, 4) is 5.75 Å². The van der Waals surface area contributed by atoms with Crippen LogP contribution in [0.5, 0.6) is 5.75 Å². The van der Waals surface area contributed by atoms with Crippen LogP contribution < -0.4 is 4.74 Å². The number of hydrogen-bond donors (Lipinski definition) is 0. The second kappa shape index (κ2) is 9.14. The molecular formula is C24H26N2O2S. The number of nitrogens with zero attached hydrogens (tertiary/aromatic N) is 2. The monoisotopic (exact) mass is 406 g/mol. The molecule has 0 unspecified atom stereocenters. The molecule has 0 radical (unpaired) electrons. The maximum atomic E-state index is 13.2. The normalized spacial score (nSPS) is 10.7. The van der Waals surface area contributed by atoms with Gasteiger partial charge in [0, 0.05) is 30.2 Å². The van der Waals surface area contributed by atoms with Crippen molar-refractivity contribution in [2.45, 2.75) is 37.2 Å². The highest BCUT2D eigenvalue weighted by molar-refractivity contribution is 7.99. The van der Waals surface area contributed by atoms with Gasteiger partial charge < -0.3 is 9.64 Å². The van der Waals surface area contributed by atoms with Crippen molar-refractivity contribution < 1.29 is 9.53 Å². The molecule has 0 aliphatic carbocycles. The molecule has 29 heavy (non-hydrogen) atoms. The van der Waals surface area contributed by atoms with E-state index in [-0.39, 0.29) is 5.91 Å². The molecule has 0 aliphatic rings. The summed E-state index contributed by atoms with van der Waals surface area (Å²) in [6, 6.07) is 15.9. The fourth-order valence-corrected chi connectivity index (χ4v) is 4.06. The van der Waals surface area contributed by atoms with E-state index in [4.69, 9.17) is 4.74 Å². The van der Waals surface area contributed by atoms with Crippen LogP contribution in [0.15, 0.2) is 64.6 Å². The number of aromatic nitrogens is 1. The molecule has 0 atom stereocenters. The molecule has 1 aromatic heterocycles. The van der Waals surface area contributed by atoms with Crippen LogP contribution in [0.1, 0.15) is 32.6 Å². The molecule has 5 heteroatoms. The summed E-state index contributed by atoms with van der Waals surface area (Å²) in [7, 11) is 3.46. The molecule has 2 aromatic carbocycles. The summed E-state index contributed by atoms with van der Waals surface area (Å²) in [5.74, 6) is 0.721. The summed E-state index contributed by atoms with van der Waals surface area (Å²) < 4.78 is 5.46. The smallest absolute Gasteiger partial charge is 0.256 e. The molecule has 0 spiro atoms. The largest absolute Gasteiger partial charge is 0.496 e. The van der Waals surface area contributed by atoms with Gasteiger partial charge in [0.1, 0.15) is 10.8 Å². The third-order valence-electron chi connectivity index (χ3n) is 4.88. The summed E-state index contributed by atoms with van der Waals surface area (Å²) in [6.45, 7) is 6.68. The molecule has 0 bridgehead atoms. The number of aryl methyl sites for hydroxylation is 3. The zero-order chi connectivity index (χ0) is 21.0. The minimum absolute atomic E-state index is 0.0620. The third kappa shape index (κ3) is 4.98. The Kier molecular flexibility index (Phi) is 6.60. The fraction of sp³-hybridized carbons (Fsp3) is 0.250. The average molecular weight is 407 g/mol. The van der Waals surface area contributed by atoms with Crippen molar-refractivity contribution in [2.75, 3.05) is 14.2 Å². The fourth-order valence-electron chi connectivity index (χ4n) is 3.09. The molecule has 4 nitrogen and oxygen atoms in total. The van der Waals surface area contributed by atoms with Crippen LogP contribution in [-0.4, -0.2) is 29.9 Å². The van der Waals surface area contributed by atoms with E-state index < -0.39 is 0 Å². The Labute approximate surface area is 176 Å². The predicted molar refractivity (Wildman–Crippen MR) is 118 cm³/mol. The number of benzene rings is 2. The minimum atomic E-state index is -0.0620. The quantitative estimate of drug-likeness (QED) is 0.547. The molecule has 150 valence electrons. The Bertz CT molecular complexity index is 1030. The second-order valence-corrected chi connectivity index (χ2v) is 8.24. The van der Waals surface area contributed by atoms with E-state index in [9.17, 15) is 4.79 Å².